The van der Waals surface area contributed by atoms with Crippen LogP contribution >= 0.6 is 0 Å². The summed E-state index contributed by atoms with van der Waals surface area (Å²) in [6, 6.07) is 0. The Bertz CT molecular complexity index is 142. The number of hydrogen-bond acceptors (Lipinski definition) is 4. The number of unbranched alkanes of at least 4 members (excludes halogenated alkanes) is 2. The third kappa shape index (κ3) is 31.8. The fraction of sp³-hybridized carbons (Fsp3) is 0.800. The van der Waals surface area contributed by atoms with Crippen molar-refractivity contribution in [3.63, 3.8) is 0 Å². The summed E-state index contributed by atoms with van der Waals surface area (Å²) in [4.78, 5) is 19.3. The Morgan fingerprint density at radius 1 is 0.867 bits per heavy atom. The van der Waals surface area contributed by atoms with Crippen LogP contribution in [-0.4, -0.2) is 11.9 Å². The van der Waals surface area contributed by atoms with Gasteiger partial charge in [0.05, 0.1) is 0 Å². The maximum Gasteiger partial charge on any atom is 2.00 e. The molecule has 0 aromatic carbocycles. The molecule has 0 N–H and O–H groups in total. The van der Waals surface area contributed by atoms with Gasteiger partial charge >= 0.3 is 17.1 Å². The maximum atomic E-state index is 9.65. The van der Waals surface area contributed by atoms with Gasteiger partial charge in [-0.2, -0.15) is 0 Å². The zero-order chi connectivity index (χ0) is 11.4. The molecule has 1 radical (unpaired) electrons. The van der Waals surface area contributed by atoms with Crippen LogP contribution in [0.2, 0.25) is 0 Å². The van der Waals surface area contributed by atoms with Crippen LogP contribution in [0, 0.1) is 0 Å². The van der Waals surface area contributed by atoms with Crippen LogP contribution in [-0.2, 0) is 26.7 Å². The smallest absolute Gasteiger partial charge is 0.550 e. The van der Waals surface area contributed by atoms with Gasteiger partial charge < -0.3 is 19.8 Å². The fourth-order valence-electron chi connectivity index (χ4n) is 0.642. The number of carbonyl (C=O) groups excluding carboxylic acids is 2. The molecule has 0 aliphatic heterocycles. The normalized spacial score (nSPS) is 8.13. The first-order valence-corrected chi connectivity index (χ1v) is 4.94. The van der Waals surface area contributed by atoms with E-state index in [2.05, 4.69) is 0 Å². The van der Waals surface area contributed by atoms with Crippen LogP contribution in [0.5, 0.6) is 0 Å². The summed E-state index contributed by atoms with van der Waals surface area (Å²) in [5, 5.41) is 19.3. The van der Waals surface area contributed by atoms with Crippen molar-refractivity contribution in [1.82, 2.24) is 0 Å². The van der Waals surface area contributed by atoms with Crippen LogP contribution in [0.25, 0.3) is 0 Å². The summed E-state index contributed by atoms with van der Waals surface area (Å²) in [7, 11) is 0. The molecule has 0 rings (SSSR count). The Morgan fingerprint density at radius 3 is 1.20 bits per heavy atom. The second-order valence-corrected chi connectivity index (χ2v) is 2.95. The van der Waals surface area contributed by atoms with Crippen molar-refractivity contribution in [2.45, 2.75) is 52.4 Å². The van der Waals surface area contributed by atoms with Gasteiger partial charge in [-0.1, -0.05) is 26.7 Å². The molecule has 0 aromatic heterocycles. The van der Waals surface area contributed by atoms with E-state index >= 15 is 0 Å². The average molecular weight is 266 g/mol. The van der Waals surface area contributed by atoms with Crippen molar-refractivity contribution in [2.24, 2.45) is 0 Å². The molecule has 0 bridgehead atoms. The predicted octanol–water partition coefficient (Wildman–Crippen LogP) is -0.149. The number of carboxylic acids is 2. The van der Waals surface area contributed by atoms with Gasteiger partial charge in [0.1, 0.15) is 0 Å². The van der Waals surface area contributed by atoms with Crippen LogP contribution in [0.3, 0.4) is 0 Å². The van der Waals surface area contributed by atoms with E-state index in [4.69, 9.17) is 0 Å². The Hall–Kier alpha value is -0.541. The minimum Gasteiger partial charge on any atom is -0.550 e. The van der Waals surface area contributed by atoms with E-state index in [0.29, 0.717) is 0 Å². The molecule has 0 saturated carbocycles. The van der Waals surface area contributed by atoms with Crippen molar-refractivity contribution in [2.75, 3.05) is 0 Å². The summed E-state index contributed by atoms with van der Waals surface area (Å²) in [6.45, 7) is 3.89. The average Bonchev–Trinajstić information content (AvgIpc) is 2.12. The van der Waals surface area contributed by atoms with Crippen molar-refractivity contribution >= 4 is 11.9 Å². The van der Waals surface area contributed by atoms with Crippen molar-refractivity contribution in [1.29, 1.82) is 0 Å². The first kappa shape index (κ1) is 19.9. The zero-order valence-corrected chi connectivity index (χ0v) is 10.1. The second-order valence-electron chi connectivity index (χ2n) is 2.95. The monoisotopic (exact) mass is 265 g/mol. The topological polar surface area (TPSA) is 80.3 Å². The third-order valence-corrected chi connectivity index (χ3v) is 1.47. The fourth-order valence-corrected chi connectivity index (χ4v) is 0.642. The number of rotatable bonds is 6. The van der Waals surface area contributed by atoms with Crippen molar-refractivity contribution in [3.05, 3.63) is 0 Å². The minimum absolute atomic E-state index is 0. The van der Waals surface area contributed by atoms with Crippen LogP contribution in [0.1, 0.15) is 52.4 Å². The number of carboxylic acid groups (broad SMARTS) is 2. The molecule has 0 aromatic rings. The van der Waals surface area contributed by atoms with E-state index in [-0.39, 0.29) is 29.9 Å². The summed E-state index contributed by atoms with van der Waals surface area (Å²) in [5.74, 6) is -1.89. The van der Waals surface area contributed by atoms with E-state index in [9.17, 15) is 19.8 Å². The van der Waals surface area contributed by atoms with Crippen LogP contribution in [0.4, 0.5) is 0 Å². The number of hydrogen-bond donors (Lipinski definition) is 0. The number of carbonyl (C=O) groups is 2. The molecular weight excluding hydrogens is 248 g/mol. The molecule has 0 unspecified atom stereocenters. The zero-order valence-electron chi connectivity index (χ0n) is 9.18. The molecule has 0 amide bonds. The van der Waals surface area contributed by atoms with Gasteiger partial charge in [0.15, 0.2) is 0 Å². The van der Waals surface area contributed by atoms with Gasteiger partial charge in [-0.25, -0.2) is 0 Å². The van der Waals surface area contributed by atoms with E-state index in [1.807, 2.05) is 13.8 Å². The molecule has 0 atom stereocenters. The molecule has 0 heterocycles. The van der Waals surface area contributed by atoms with Crippen molar-refractivity contribution in [3.8, 4) is 0 Å². The van der Waals surface area contributed by atoms with Gasteiger partial charge in [0.2, 0.25) is 0 Å². The Kier molecular flexibility index (Phi) is 21.2. The van der Waals surface area contributed by atoms with E-state index in [1.54, 1.807) is 0 Å². The standard InChI is InChI=1S/2C5H10O2.Cu/c2*1-2-3-4-5(6)7;/h2*2-4H2,1H3,(H,6,7);/q;;+2/p-2. The van der Waals surface area contributed by atoms with Gasteiger partial charge in [0, 0.05) is 11.9 Å². The molecule has 15 heavy (non-hydrogen) atoms. The number of aliphatic carboxylic acids is 2. The second kappa shape index (κ2) is 15.9. The van der Waals surface area contributed by atoms with Crippen molar-refractivity contribution < 1.29 is 36.9 Å². The molecule has 0 saturated heterocycles. The van der Waals surface area contributed by atoms with Gasteiger partial charge in [0.25, 0.3) is 0 Å². The van der Waals surface area contributed by atoms with Crippen LogP contribution < -0.4 is 10.2 Å². The Morgan fingerprint density at radius 2 is 1.13 bits per heavy atom. The molecule has 0 spiro atoms. The predicted molar refractivity (Wildman–Crippen MR) is 49.1 cm³/mol. The largest absolute Gasteiger partial charge is 2.00 e. The summed E-state index contributed by atoms with van der Waals surface area (Å²) in [6.07, 6.45) is 3.74. The van der Waals surface area contributed by atoms with Crippen LogP contribution in [0.15, 0.2) is 0 Å². The first-order chi connectivity index (χ1) is 6.54. The summed E-state index contributed by atoms with van der Waals surface area (Å²) >= 11 is 0. The first-order valence-electron chi connectivity index (χ1n) is 4.94. The molecule has 4 nitrogen and oxygen atoms in total. The Labute approximate surface area is 102 Å². The molecule has 0 fully saturated rings. The quantitative estimate of drug-likeness (QED) is 0.626. The molecular formula is C10H18CuO4. The summed E-state index contributed by atoms with van der Waals surface area (Å²) < 4.78 is 0. The molecule has 0 aliphatic rings. The molecule has 93 valence electrons. The van der Waals surface area contributed by atoms with Gasteiger partial charge in [-0.3, -0.25) is 0 Å². The minimum atomic E-state index is -0.943. The SMILES string of the molecule is CCCCC(=O)[O-].CCCCC(=O)[O-].[Cu+2]. The summed E-state index contributed by atoms with van der Waals surface area (Å²) in [5.41, 5.74) is 0. The maximum absolute atomic E-state index is 9.65. The van der Waals surface area contributed by atoms with Gasteiger partial charge in [-0.15, -0.1) is 0 Å². The Balaban J connectivity index is -0.000000180. The molecule has 0 aliphatic carbocycles. The van der Waals surface area contributed by atoms with E-state index in [0.717, 1.165) is 25.7 Å². The third-order valence-electron chi connectivity index (χ3n) is 1.47. The van der Waals surface area contributed by atoms with Gasteiger partial charge in [-0.05, 0) is 25.7 Å². The molecule has 5 heteroatoms. The van der Waals surface area contributed by atoms with E-state index < -0.39 is 11.9 Å². The van der Waals surface area contributed by atoms with E-state index in [1.165, 1.54) is 0 Å².